The molecule has 1 N–H and O–H groups in total. The van der Waals surface area contributed by atoms with Gasteiger partial charge in [-0.1, -0.05) is 55.5 Å². The molecule has 11 heteroatoms. The number of ether oxygens (including phenoxy) is 1. The predicted molar refractivity (Wildman–Crippen MR) is 195 cm³/mol. The molecule has 6 rings (SSSR count). The fourth-order valence-electron chi connectivity index (χ4n) is 6.39. The second-order valence-corrected chi connectivity index (χ2v) is 13.2. The molecule has 1 aliphatic rings. The van der Waals surface area contributed by atoms with Crippen LogP contribution in [0.4, 0.5) is 18.9 Å². The second kappa shape index (κ2) is 16.0. The summed E-state index contributed by atoms with van der Waals surface area (Å²) in [6, 6.07) is 24.0. The minimum absolute atomic E-state index is 0.0168. The number of nitrogens with one attached hydrogen (secondary N) is 1. The largest absolute Gasteiger partial charge is 0.488 e. The first-order valence-electron chi connectivity index (χ1n) is 17.4. The van der Waals surface area contributed by atoms with E-state index in [1.165, 1.54) is 12.1 Å². The molecule has 0 saturated carbocycles. The summed E-state index contributed by atoms with van der Waals surface area (Å²) in [4.78, 5) is 31.4. The molecule has 0 bridgehead atoms. The van der Waals surface area contributed by atoms with Gasteiger partial charge in [-0.2, -0.15) is 18.3 Å². The number of aryl methyl sites for hydroxylation is 2. The Labute approximate surface area is 301 Å². The third kappa shape index (κ3) is 8.96. The number of hydrogen-bond donors (Lipinski definition) is 1. The van der Waals surface area contributed by atoms with Crippen molar-refractivity contribution in [3.8, 4) is 16.9 Å². The maximum Gasteiger partial charge on any atom is 0.416 e. The number of anilines is 1. The number of benzene rings is 4. The lowest BCUT2D eigenvalue weighted by Crippen LogP contribution is -2.45. The number of amides is 1. The number of ketones is 1. The molecule has 0 atom stereocenters. The van der Waals surface area contributed by atoms with E-state index in [0.29, 0.717) is 35.7 Å². The zero-order valence-corrected chi connectivity index (χ0v) is 29.5. The van der Waals surface area contributed by atoms with E-state index in [1.807, 2.05) is 67.5 Å². The molecule has 52 heavy (non-hydrogen) atoms. The Morgan fingerprint density at radius 2 is 1.62 bits per heavy atom. The van der Waals surface area contributed by atoms with Crippen molar-refractivity contribution in [3.05, 3.63) is 136 Å². The molecule has 1 saturated heterocycles. The van der Waals surface area contributed by atoms with Gasteiger partial charge in [-0.3, -0.25) is 19.2 Å². The molecule has 0 unspecified atom stereocenters. The summed E-state index contributed by atoms with van der Waals surface area (Å²) in [7, 11) is 1.83. The zero-order chi connectivity index (χ0) is 36.8. The first-order chi connectivity index (χ1) is 25.0. The standard InChI is InChI=1S/C41H42F3N5O3/c1-4-48-16-18-49(19-17-48)26-32-12-11-31(21-37(32)41(42,43)44)40(51)46-35-14-10-28(2)33(20-35)22-38(50)36-15-13-30(34-24-45-47(3)25-34)23-39(36)52-27-29-8-6-5-7-9-29/h5-15,20-21,23-25H,4,16-19,22,26-27H2,1-3H3,(H,46,51). The topological polar surface area (TPSA) is 79.7 Å². The Hall–Kier alpha value is -5.26. The molecule has 0 aliphatic carbocycles. The smallest absolute Gasteiger partial charge is 0.416 e. The monoisotopic (exact) mass is 709 g/mol. The number of hydrogen-bond acceptors (Lipinski definition) is 6. The van der Waals surface area contributed by atoms with E-state index in [9.17, 15) is 22.8 Å². The number of carbonyl (C=O) groups excluding carboxylic acids is 2. The van der Waals surface area contributed by atoms with E-state index in [-0.39, 0.29) is 36.5 Å². The highest BCUT2D eigenvalue weighted by Gasteiger charge is 2.35. The van der Waals surface area contributed by atoms with Crippen LogP contribution in [0.1, 0.15) is 55.5 Å². The first kappa shape index (κ1) is 36.5. The van der Waals surface area contributed by atoms with Crippen LogP contribution < -0.4 is 10.1 Å². The van der Waals surface area contributed by atoms with Gasteiger partial charge in [0.1, 0.15) is 12.4 Å². The first-order valence-corrected chi connectivity index (χ1v) is 17.4. The maximum absolute atomic E-state index is 14.2. The van der Waals surface area contributed by atoms with Crippen LogP contribution in [0.3, 0.4) is 0 Å². The highest BCUT2D eigenvalue weighted by Crippen LogP contribution is 2.34. The van der Waals surface area contributed by atoms with Crippen LogP contribution in [0.25, 0.3) is 11.1 Å². The number of halogens is 3. The Balaban J connectivity index is 1.19. The third-order valence-corrected chi connectivity index (χ3v) is 9.50. The number of Topliss-reactive ketones (excluding diaryl/α,β-unsaturated/α-hetero) is 1. The zero-order valence-electron chi connectivity index (χ0n) is 29.5. The molecule has 0 radical (unpaired) electrons. The molecule has 0 spiro atoms. The number of rotatable bonds is 12. The molecule has 1 amide bonds. The van der Waals surface area contributed by atoms with Gasteiger partial charge in [-0.15, -0.1) is 0 Å². The summed E-state index contributed by atoms with van der Waals surface area (Å²) in [5.74, 6) is -0.421. The lowest BCUT2D eigenvalue weighted by molar-refractivity contribution is -0.138. The highest BCUT2D eigenvalue weighted by molar-refractivity contribution is 6.05. The van der Waals surface area contributed by atoms with Crippen LogP contribution in [0, 0.1) is 6.92 Å². The van der Waals surface area contributed by atoms with Crippen molar-refractivity contribution >= 4 is 17.4 Å². The van der Waals surface area contributed by atoms with Gasteiger partial charge in [0.05, 0.1) is 17.3 Å². The molecule has 270 valence electrons. The molecular formula is C41H42F3N5O3. The minimum Gasteiger partial charge on any atom is -0.488 e. The van der Waals surface area contributed by atoms with Crippen LogP contribution in [-0.4, -0.2) is 64.0 Å². The molecule has 1 aromatic heterocycles. The Morgan fingerprint density at radius 3 is 2.31 bits per heavy atom. The van der Waals surface area contributed by atoms with Crippen molar-refractivity contribution in [2.24, 2.45) is 7.05 Å². The SMILES string of the molecule is CCN1CCN(Cc2ccc(C(=O)Nc3ccc(C)c(CC(=O)c4ccc(-c5cnn(C)c5)cc4OCc4ccccc4)c3)cc2C(F)(F)F)CC1. The van der Waals surface area contributed by atoms with E-state index in [1.54, 1.807) is 35.1 Å². The van der Waals surface area contributed by atoms with E-state index in [0.717, 1.165) is 48.0 Å². The number of likely N-dealkylation sites (N-methyl/N-ethyl adjacent to an activating group) is 1. The number of carbonyl (C=O) groups is 2. The summed E-state index contributed by atoms with van der Waals surface area (Å²) in [6.45, 7) is 8.27. The summed E-state index contributed by atoms with van der Waals surface area (Å²) in [5.41, 5.74) is 4.20. The van der Waals surface area contributed by atoms with Crippen LogP contribution in [0.5, 0.6) is 5.75 Å². The summed E-state index contributed by atoms with van der Waals surface area (Å²) < 4.78 is 50.6. The molecule has 2 heterocycles. The Kier molecular flexibility index (Phi) is 11.2. The number of nitrogens with zero attached hydrogens (tertiary/aromatic N) is 4. The van der Waals surface area contributed by atoms with Gasteiger partial charge in [-0.05, 0) is 77.7 Å². The quantitative estimate of drug-likeness (QED) is 0.133. The third-order valence-electron chi connectivity index (χ3n) is 9.50. The van der Waals surface area contributed by atoms with Crippen molar-refractivity contribution in [2.75, 3.05) is 38.0 Å². The number of alkyl halides is 3. The van der Waals surface area contributed by atoms with Gasteiger partial charge in [-0.25, -0.2) is 0 Å². The fourth-order valence-corrected chi connectivity index (χ4v) is 6.39. The van der Waals surface area contributed by atoms with Crippen LogP contribution in [0.15, 0.2) is 97.3 Å². The van der Waals surface area contributed by atoms with Crippen molar-refractivity contribution < 1.29 is 27.5 Å². The summed E-state index contributed by atoms with van der Waals surface area (Å²) >= 11 is 0. The Bertz CT molecular complexity index is 2040. The molecular weight excluding hydrogens is 667 g/mol. The number of piperazine rings is 1. The lowest BCUT2D eigenvalue weighted by atomic mass is 9.96. The summed E-state index contributed by atoms with van der Waals surface area (Å²) in [5, 5.41) is 7.00. The maximum atomic E-state index is 14.2. The van der Waals surface area contributed by atoms with E-state index in [4.69, 9.17) is 4.74 Å². The fraction of sp³-hybridized carbons (Fsp3) is 0.293. The van der Waals surface area contributed by atoms with Crippen molar-refractivity contribution in [2.45, 2.75) is 39.6 Å². The van der Waals surface area contributed by atoms with Gasteiger partial charge < -0.3 is 15.0 Å². The highest BCUT2D eigenvalue weighted by atomic mass is 19.4. The average molecular weight is 710 g/mol. The molecule has 8 nitrogen and oxygen atoms in total. The molecule has 4 aromatic carbocycles. The molecule has 5 aromatic rings. The second-order valence-electron chi connectivity index (χ2n) is 13.2. The van der Waals surface area contributed by atoms with Crippen molar-refractivity contribution in [1.29, 1.82) is 0 Å². The van der Waals surface area contributed by atoms with Gasteiger partial charge in [0.25, 0.3) is 5.91 Å². The van der Waals surface area contributed by atoms with Crippen molar-refractivity contribution in [1.82, 2.24) is 19.6 Å². The van der Waals surface area contributed by atoms with Crippen LogP contribution in [-0.2, 0) is 32.8 Å². The predicted octanol–water partition coefficient (Wildman–Crippen LogP) is 7.81. The Morgan fingerprint density at radius 1 is 0.865 bits per heavy atom. The average Bonchev–Trinajstić information content (AvgIpc) is 3.58. The minimum atomic E-state index is -4.62. The van der Waals surface area contributed by atoms with E-state index >= 15 is 0 Å². The van der Waals surface area contributed by atoms with E-state index < -0.39 is 17.6 Å². The van der Waals surface area contributed by atoms with Gasteiger partial charge in [0.2, 0.25) is 0 Å². The summed E-state index contributed by atoms with van der Waals surface area (Å²) in [6.07, 6.45) is -0.972. The van der Waals surface area contributed by atoms with Gasteiger partial charge in [0, 0.05) is 69.2 Å². The number of aromatic nitrogens is 2. The van der Waals surface area contributed by atoms with Gasteiger partial charge in [0.15, 0.2) is 5.78 Å². The lowest BCUT2D eigenvalue weighted by Gasteiger charge is -2.34. The normalized spacial score (nSPS) is 14.0. The van der Waals surface area contributed by atoms with E-state index in [2.05, 4.69) is 22.2 Å². The van der Waals surface area contributed by atoms with Crippen LogP contribution in [0.2, 0.25) is 0 Å². The van der Waals surface area contributed by atoms with Gasteiger partial charge >= 0.3 is 6.18 Å². The molecule has 1 aliphatic heterocycles. The van der Waals surface area contributed by atoms with Crippen LogP contribution >= 0.6 is 0 Å². The molecule has 1 fully saturated rings. The van der Waals surface area contributed by atoms with Crippen molar-refractivity contribution in [3.63, 3.8) is 0 Å².